The number of hydrogen-bond donors (Lipinski definition) is 2. The van der Waals surface area contributed by atoms with Gasteiger partial charge in [0.25, 0.3) is 0 Å². The Bertz CT molecular complexity index is 506. The van der Waals surface area contributed by atoms with Crippen molar-refractivity contribution < 1.29 is 19.4 Å². The molecule has 0 radical (unpaired) electrons. The van der Waals surface area contributed by atoms with Gasteiger partial charge >= 0.3 is 5.97 Å². The van der Waals surface area contributed by atoms with Crippen molar-refractivity contribution in [2.24, 2.45) is 11.8 Å². The molecule has 1 aliphatic rings. The summed E-state index contributed by atoms with van der Waals surface area (Å²) in [6, 6.07) is 7.16. The monoisotopic (exact) mass is 305 g/mol. The molecule has 1 aliphatic carbocycles. The summed E-state index contributed by atoms with van der Waals surface area (Å²) in [6.45, 7) is 0. The predicted octanol–water partition coefficient (Wildman–Crippen LogP) is 3.30. The van der Waals surface area contributed by atoms with E-state index >= 15 is 0 Å². The molecule has 1 fully saturated rings. The quantitative estimate of drug-likeness (QED) is 0.810. The number of ether oxygens (including phenoxy) is 1. The van der Waals surface area contributed by atoms with Crippen LogP contribution in [0.3, 0.4) is 0 Å². The Kier molecular flexibility index (Phi) is 5.81. The van der Waals surface area contributed by atoms with Gasteiger partial charge in [-0.05, 0) is 49.4 Å². The number of nitrogens with one attached hydrogen (secondary N) is 1. The number of carboxylic acid groups (broad SMARTS) is 1. The normalized spacial score (nSPS) is 16.2. The number of aliphatic carboxylic acids is 1. The van der Waals surface area contributed by atoms with Gasteiger partial charge in [-0.15, -0.1) is 0 Å². The zero-order valence-electron chi connectivity index (χ0n) is 12.9. The molecule has 5 nitrogen and oxygen atoms in total. The van der Waals surface area contributed by atoms with E-state index in [4.69, 9.17) is 9.84 Å². The SMILES string of the molecule is COc1ccc(NC(=O)C(CCC(=O)O)C2CCCC2)cc1. The summed E-state index contributed by atoms with van der Waals surface area (Å²) in [5.74, 6) is -0.104. The number of amides is 1. The number of carboxylic acids is 1. The van der Waals surface area contributed by atoms with Gasteiger partial charge in [0.05, 0.1) is 7.11 Å². The van der Waals surface area contributed by atoms with Crippen LogP contribution in [-0.2, 0) is 9.59 Å². The molecule has 120 valence electrons. The Hall–Kier alpha value is -2.04. The second-order valence-corrected chi connectivity index (χ2v) is 5.80. The summed E-state index contributed by atoms with van der Waals surface area (Å²) < 4.78 is 5.09. The van der Waals surface area contributed by atoms with Gasteiger partial charge in [0.2, 0.25) is 5.91 Å². The Labute approximate surface area is 130 Å². The topological polar surface area (TPSA) is 75.6 Å². The maximum Gasteiger partial charge on any atom is 0.303 e. The van der Waals surface area contributed by atoms with Crippen LogP contribution in [-0.4, -0.2) is 24.1 Å². The molecule has 2 N–H and O–H groups in total. The summed E-state index contributed by atoms with van der Waals surface area (Å²) in [5.41, 5.74) is 0.712. The average molecular weight is 305 g/mol. The summed E-state index contributed by atoms with van der Waals surface area (Å²) in [6.07, 6.45) is 4.73. The molecule has 0 aliphatic heterocycles. The Balaban J connectivity index is 2.01. The van der Waals surface area contributed by atoms with E-state index in [-0.39, 0.29) is 18.2 Å². The van der Waals surface area contributed by atoms with Crippen LogP contribution in [0.1, 0.15) is 38.5 Å². The minimum atomic E-state index is -0.847. The van der Waals surface area contributed by atoms with Gasteiger partial charge in [0.15, 0.2) is 0 Å². The number of carbonyl (C=O) groups excluding carboxylic acids is 1. The molecule has 1 unspecified atom stereocenters. The van der Waals surface area contributed by atoms with Crippen molar-refractivity contribution in [3.63, 3.8) is 0 Å². The van der Waals surface area contributed by atoms with E-state index < -0.39 is 5.97 Å². The van der Waals surface area contributed by atoms with Crippen LogP contribution in [0.4, 0.5) is 5.69 Å². The fourth-order valence-corrected chi connectivity index (χ4v) is 3.13. The number of anilines is 1. The highest BCUT2D eigenvalue weighted by atomic mass is 16.5. The van der Waals surface area contributed by atoms with Gasteiger partial charge in [-0.2, -0.15) is 0 Å². The van der Waals surface area contributed by atoms with Crippen LogP contribution in [0, 0.1) is 11.8 Å². The molecule has 5 heteroatoms. The van der Waals surface area contributed by atoms with Crippen LogP contribution in [0.15, 0.2) is 24.3 Å². The number of rotatable bonds is 7. The van der Waals surface area contributed by atoms with E-state index in [9.17, 15) is 9.59 Å². The van der Waals surface area contributed by atoms with E-state index in [0.29, 0.717) is 18.0 Å². The zero-order chi connectivity index (χ0) is 15.9. The largest absolute Gasteiger partial charge is 0.497 e. The molecular weight excluding hydrogens is 282 g/mol. The third-order valence-corrected chi connectivity index (χ3v) is 4.33. The molecule has 0 saturated heterocycles. The highest BCUT2D eigenvalue weighted by molar-refractivity contribution is 5.93. The van der Waals surface area contributed by atoms with Crippen molar-refractivity contribution in [1.29, 1.82) is 0 Å². The molecule has 2 rings (SSSR count). The number of hydrogen-bond acceptors (Lipinski definition) is 3. The highest BCUT2D eigenvalue weighted by Crippen LogP contribution is 2.34. The van der Waals surface area contributed by atoms with E-state index in [1.807, 2.05) is 0 Å². The second-order valence-electron chi connectivity index (χ2n) is 5.80. The Morgan fingerprint density at radius 1 is 1.27 bits per heavy atom. The molecule has 0 bridgehead atoms. The number of methoxy groups -OCH3 is 1. The fourth-order valence-electron chi connectivity index (χ4n) is 3.13. The standard InChI is InChI=1S/C17H23NO4/c1-22-14-8-6-13(7-9-14)18-17(21)15(10-11-16(19)20)12-4-2-3-5-12/h6-9,12,15H,2-5,10-11H2,1H3,(H,18,21)(H,19,20). The van der Waals surface area contributed by atoms with Crippen molar-refractivity contribution in [2.45, 2.75) is 38.5 Å². The zero-order valence-corrected chi connectivity index (χ0v) is 12.9. The molecule has 1 saturated carbocycles. The summed E-state index contributed by atoms with van der Waals surface area (Å²) in [5, 5.41) is 11.8. The minimum Gasteiger partial charge on any atom is -0.497 e. The molecule has 22 heavy (non-hydrogen) atoms. The van der Waals surface area contributed by atoms with E-state index in [1.54, 1.807) is 31.4 Å². The van der Waals surface area contributed by atoms with Gasteiger partial charge < -0.3 is 15.2 Å². The lowest BCUT2D eigenvalue weighted by Crippen LogP contribution is -2.29. The summed E-state index contributed by atoms with van der Waals surface area (Å²) in [4.78, 5) is 23.4. The molecule has 1 aromatic rings. The molecule has 1 amide bonds. The highest BCUT2D eigenvalue weighted by Gasteiger charge is 2.30. The van der Waals surface area contributed by atoms with Gasteiger partial charge in [0.1, 0.15) is 5.75 Å². The summed E-state index contributed by atoms with van der Waals surface area (Å²) >= 11 is 0. The first-order valence-corrected chi connectivity index (χ1v) is 7.77. The lowest BCUT2D eigenvalue weighted by atomic mass is 9.86. The van der Waals surface area contributed by atoms with Gasteiger partial charge in [0, 0.05) is 18.0 Å². The first-order chi connectivity index (χ1) is 10.6. The van der Waals surface area contributed by atoms with E-state index in [2.05, 4.69) is 5.32 Å². The smallest absolute Gasteiger partial charge is 0.303 e. The van der Waals surface area contributed by atoms with E-state index in [0.717, 1.165) is 31.4 Å². The Morgan fingerprint density at radius 2 is 1.91 bits per heavy atom. The fraction of sp³-hybridized carbons (Fsp3) is 0.529. The Morgan fingerprint density at radius 3 is 2.45 bits per heavy atom. The molecule has 0 spiro atoms. The van der Waals surface area contributed by atoms with E-state index in [1.165, 1.54) is 0 Å². The summed E-state index contributed by atoms with van der Waals surface area (Å²) in [7, 11) is 1.59. The maximum atomic E-state index is 12.5. The van der Waals surface area contributed by atoms with Crippen molar-refractivity contribution in [2.75, 3.05) is 12.4 Å². The second kappa shape index (κ2) is 7.82. The molecule has 0 heterocycles. The predicted molar refractivity (Wildman–Crippen MR) is 83.9 cm³/mol. The van der Waals surface area contributed by atoms with Crippen molar-refractivity contribution >= 4 is 17.6 Å². The van der Waals surface area contributed by atoms with Crippen molar-refractivity contribution in [3.05, 3.63) is 24.3 Å². The van der Waals surface area contributed by atoms with Crippen LogP contribution >= 0.6 is 0 Å². The van der Waals surface area contributed by atoms with Crippen LogP contribution in [0.25, 0.3) is 0 Å². The van der Waals surface area contributed by atoms with Gasteiger partial charge in [-0.3, -0.25) is 9.59 Å². The first kappa shape index (κ1) is 16.3. The first-order valence-electron chi connectivity index (χ1n) is 7.77. The lowest BCUT2D eigenvalue weighted by Gasteiger charge is -2.22. The maximum absolute atomic E-state index is 12.5. The number of carbonyl (C=O) groups is 2. The lowest BCUT2D eigenvalue weighted by molar-refractivity contribution is -0.137. The van der Waals surface area contributed by atoms with Crippen LogP contribution < -0.4 is 10.1 Å². The van der Waals surface area contributed by atoms with Crippen LogP contribution in [0.5, 0.6) is 5.75 Å². The van der Waals surface area contributed by atoms with Gasteiger partial charge in [-0.25, -0.2) is 0 Å². The molecule has 1 atom stereocenters. The molecule has 1 aromatic carbocycles. The molecular formula is C17H23NO4. The molecule has 0 aromatic heterocycles. The van der Waals surface area contributed by atoms with Crippen molar-refractivity contribution in [1.82, 2.24) is 0 Å². The van der Waals surface area contributed by atoms with Gasteiger partial charge in [-0.1, -0.05) is 12.8 Å². The third kappa shape index (κ3) is 4.48. The minimum absolute atomic E-state index is 0.0389. The number of benzene rings is 1. The van der Waals surface area contributed by atoms with Crippen molar-refractivity contribution in [3.8, 4) is 5.75 Å². The van der Waals surface area contributed by atoms with Crippen LogP contribution in [0.2, 0.25) is 0 Å². The average Bonchev–Trinajstić information content (AvgIpc) is 3.02. The third-order valence-electron chi connectivity index (χ3n) is 4.33.